The molecule has 0 saturated heterocycles. The number of carbonyl (C=O) groups excluding carboxylic acids is 1. The van der Waals surface area contributed by atoms with Crippen LogP contribution in [0.15, 0.2) is 30.5 Å². The van der Waals surface area contributed by atoms with Gasteiger partial charge in [-0.2, -0.15) is 0 Å². The molecule has 2 rings (SSSR count). The molecule has 88 valence electrons. The molecule has 17 heavy (non-hydrogen) atoms. The molecule has 4 heteroatoms. The predicted octanol–water partition coefficient (Wildman–Crippen LogP) is 1.96. The van der Waals surface area contributed by atoms with Crippen LogP contribution >= 0.6 is 0 Å². The molecule has 0 saturated carbocycles. The summed E-state index contributed by atoms with van der Waals surface area (Å²) in [6.07, 6.45) is 1.86. The summed E-state index contributed by atoms with van der Waals surface area (Å²) in [5.41, 5.74) is 0.719. The number of hydrogen-bond acceptors (Lipinski definition) is 4. The van der Waals surface area contributed by atoms with E-state index in [1.807, 2.05) is 24.3 Å². The third-order valence-corrected chi connectivity index (χ3v) is 2.59. The van der Waals surface area contributed by atoms with Crippen LogP contribution in [0, 0.1) is 0 Å². The molecule has 0 unspecified atom stereocenters. The highest BCUT2D eigenvalue weighted by atomic mass is 16.5. The Labute approximate surface area is 99.2 Å². The Kier molecular flexibility index (Phi) is 3.23. The zero-order valence-electron chi connectivity index (χ0n) is 9.77. The lowest BCUT2D eigenvalue weighted by Crippen LogP contribution is -2.06. The van der Waals surface area contributed by atoms with Gasteiger partial charge in [-0.15, -0.1) is 0 Å². The zero-order chi connectivity index (χ0) is 12.3. The minimum absolute atomic E-state index is 0.181. The van der Waals surface area contributed by atoms with Crippen LogP contribution in [0.1, 0.15) is 5.69 Å². The van der Waals surface area contributed by atoms with Crippen molar-refractivity contribution in [3.05, 3.63) is 36.2 Å². The number of pyridine rings is 1. The monoisotopic (exact) mass is 231 g/mol. The molecule has 1 heterocycles. The number of ether oxygens (including phenoxy) is 2. The lowest BCUT2D eigenvalue weighted by molar-refractivity contribution is -0.139. The lowest BCUT2D eigenvalue weighted by Gasteiger charge is -2.06. The van der Waals surface area contributed by atoms with Gasteiger partial charge in [-0.05, 0) is 29.7 Å². The van der Waals surface area contributed by atoms with Gasteiger partial charge in [-0.3, -0.25) is 9.78 Å². The summed E-state index contributed by atoms with van der Waals surface area (Å²) in [5, 5.41) is 1.94. The molecule has 1 aromatic carbocycles. The van der Waals surface area contributed by atoms with Gasteiger partial charge in [0.2, 0.25) is 0 Å². The molecule has 1 aromatic heterocycles. The Morgan fingerprint density at radius 2 is 2.12 bits per heavy atom. The van der Waals surface area contributed by atoms with Gasteiger partial charge in [0.25, 0.3) is 0 Å². The maximum atomic E-state index is 11.3. The average molecular weight is 231 g/mol. The first-order valence-corrected chi connectivity index (χ1v) is 5.23. The first-order chi connectivity index (χ1) is 8.24. The van der Waals surface area contributed by atoms with Crippen LogP contribution in [0.5, 0.6) is 5.75 Å². The first-order valence-electron chi connectivity index (χ1n) is 5.23. The highest BCUT2D eigenvalue weighted by Gasteiger charge is 2.08. The molecular weight excluding hydrogens is 218 g/mol. The van der Waals surface area contributed by atoms with E-state index >= 15 is 0 Å². The van der Waals surface area contributed by atoms with Gasteiger partial charge in [0.1, 0.15) is 5.75 Å². The van der Waals surface area contributed by atoms with E-state index in [0.29, 0.717) is 0 Å². The summed E-state index contributed by atoms with van der Waals surface area (Å²) in [5.74, 6) is 0.494. The van der Waals surface area contributed by atoms with Crippen molar-refractivity contribution < 1.29 is 14.3 Å². The number of esters is 1. The van der Waals surface area contributed by atoms with E-state index < -0.39 is 0 Å². The third-order valence-electron chi connectivity index (χ3n) is 2.59. The van der Waals surface area contributed by atoms with E-state index in [-0.39, 0.29) is 12.4 Å². The SMILES string of the molecule is COC(=O)Cc1nccc2cc(OC)ccc12. The highest BCUT2D eigenvalue weighted by molar-refractivity contribution is 5.88. The Morgan fingerprint density at radius 1 is 1.29 bits per heavy atom. The second kappa shape index (κ2) is 4.82. The van der Waals surface area contributed by atoms with E-state index in [0.717, 1.165) is 22.2 Å². The van der Waals surface area contributed by atoms with Crippen LogP contribution in [-0.2, 0) is 16.0 Å². The molecule has 0 aliphatic rings. The summed E-state index contributed by atoms with van der Waals surface area (Å²) in [7, 11) is 2.99. The van der Waals surface area contributed by atoms with Crippen molar-refractivity contribution in [1.29, 1.82) is 0 Å². The molecule has 0 aliphatic carbocycles. The smallest absolute Gasteiger partial charge is 0.311 e. The quantitative estimate of drug-likeness (QED) is 0.758. The number of hydrogen-bond donors (Lipinski definition) is 0. The van der Waals surface area contributed by atoms with Crippen molar-refractivity contribution in [2.75, 3.05) is 14.2 Å². The number of carbonyl (C=O) groups is 1. The van der Waals surface area contributed by atoms with Gasteiger partial charge < -0.3 is 9.47 Å². The van der Waals surface area contributed by atoms with Crippen LogP contribution < -0.4 is 4.74 Å². The van der Waals surface area contributed by atoms with E-state index in [1.165, 1.54) is 7.11 Å². The second-order valence-corrected chi connectivity index (χ2v) is 3.60. The van der Waals surface area contributed by atoms with Gasteiger partial charge in [-0.1, -0.05) is 0 Å². The zero-order valence-corrected chi connectivity index (χ0v) is 9.77. The fraction of sp³-hybridized carbons (Fsp3) is 0.231. The molecule has 2 aromatic rings. The number of aromatic nitrogens is 1. The highest BCUT2D eigenvalue weighted by Crippen LogP contribution is 2.22. The van der Waals surface area contributed by atoms with Crippen LogP contribution in [0.4, 0.5) is 0 Å². The molecule has 0 atom stereocenters. The minimum atomic E-state index is -0.291. The van der Waals surface area contributed by atoms with Gasteiger partial charge in [0, 0.05) is 11.6 Å². The Morgan fingerprint density at radius 3 is 2.82 bits per heavy atom. The largest absolute Gasteiger partial charge is 0.497 e. The molecular formula is C13H13NO3. The summed E-state index contributed by atoms with van der Waals surface area (Å²) in [6, 6.07) is 7.56. The van der Waals surface area contributed by atoms with Crippen molar-refractivity contribution >= 4 is 16.7 Å². The van der Waals surface area contributed by atoms with Crippen molar-refractivity contribution in [2.45, 2.75) is 6.42 Å². The van der Waals surface area contributed by atoms with Crippen LogP contribution in [0.2, 0.25) is 0 Å². The van der Waals surface area contributed by atoms with Crippen molar-refractivity contribution in [3.8, 4) is 5.75 Å². The number of fused-ring (bicyclic) bond motifs is 1. The van der Waals surface area contributed by atoms with E-state index in [4.69, 9.17) is 4.74 Å². The summed E-state index contributed by atoms with van der Waals surface area (Å²) in [6.45, 7) is 0. The molecule has 0 amide bonds. The van der Waals surface area contributed by atoms with Crippen LogP contribution in [0.25, 0.3) is 10.8 Å². The van der Waals surface area contributed by atoms with E-state index in [9.17, 15) is 4.79 Å². The number of rotatable bonds is 3. The maximum Gasteiger partial charge on any atom is 0.311 e. The molecule has 0 aliphatic heterocycles. The number of nitrogens with zero attached hydrogens (tertiary/aromatic N) is 1. The molecule has 0 spiro atoms. The summed E-state index contributed by atoms with van der Waals surface area (Å²) < 4.78 is 9.80. The number of methoxy groups -OCH3 is 2. The van der Waals surface area contributed by atoms with Gasteiger partial charge >= 0.3 is 5.97 Å². The summed E-state index contributed by atoms with van der Waals surface area (Å²) >= 11 is 0. The molecule has 0 bridgehead atoms. The second-order valence-electron chi connectivity index (χ2n) is 3.60. The lowest BCUT2D eigenvalue weighted by atomic mass is 10.1. The third kappa shape index (κ3) is 2.36. The predicted molar refractivity (Wildman–Crippen MR) is 64.0 cm³/mol. The standard InChI is InChI=1S/C13H13NO3/c1-16-10-3-4-11-9(7-10)5-6-14-12(11)8-13(15)17-2/h3-7H,8H2,1-2H3. The Hall–Kier alpha value is -2.10. The normalized spacial score (nSPS) is 10.2. The van der Waals surface area contributed by atoms with E-state index in [1.54, 1.807) is 13.3 Å². The van der Waals surface area contributed by atoms with Gasteiger partial charge in [0.15, 0.2) is 0 Å². The fourth-order valence-electron chi connectivity index (χ4n) is 1.70. The van der Waals surface area contributed by atoms with Gasteiger partial charge in [0.05, 0.1) is 26.3 Å². The Balaban J connectivity index is 2.46. The molecule has 0 radical (unpaired) electrons. The topological polar surface area (TPSA) is 48.4 Å². The van der Waals surface area contributed by atoms with Crippen molar-refractivity contribution in [1.82, 2.24) is 4.98 Å². The van der Waals surface area contributed by atoms with Crippen molar-refractivity contribution in [3.63, 3.8) is 0 Å². The molecule has 4 nitrogen and oxygen atoms in total. The number of benzene rings is 1. The van der Waals surface area contributed by atoms with Gasteiger partial charge in [-0.25, -0.2) is 0 Å². The maximum absolute atomic E-state index is 11.3. The average Bonchev–Trinajstić information content (AvgIpc) is 2.38. The van der Waals surface area contributed by atoms with Crippen molar-refractivity contribution in [2.24, 2.45) is 0 Å². The summed E-state index contributed by atoms with van der Waals surface area (Å²) in [4.78, 5) is 15.5. The Bertz CT molecular complexity index is 551. The first kappa shape index (κ1) is 11.4. The fourth-order valence-corrected chi connectivity index (χ4v) is 1.70. The van der Waals surface area contributed by atoms with E-state index in [2.05, 4.69) is 9.72 Å². The van der Waals surface area contributed by atoms with Crippen LogP contribution in [-0.4, -0.2) is 25.2 Å². The molecule has 0 fully saturated rings. The molecule has 0 N–H and O–H groups in total. The minimum Gasteiger partial charge on any atom is -0.497 e. The van der Waals surface area contributed by atoms with Crippen LogP contribution in [0.3, 0.4) is 0 Å².